The van der Waals surface area contributed by atoms with Crippen LogP contribution in [-0.4, -0.2) is 6.09 Å². The van der Waals surface area contributed by atoms with Gasteiger partial charge in [-0.05, 0) is 24.3 Å². The maximum atomic E-state index is 13.3. The third-order valence-electron chi connectivity index (χ3n) is 2.82. The summed E-state index contributed by atoms with van der Waals surface area (Å²) >= 11 is 0. The van der Waals surface area contributed by atoms with Gasteiger partial charge in [0.2, 0.25) is 34.8 Å². The Labute approximate surface area is 133 Å². The summed E-state index contributed by atoms with van der Waals surface area (Å²) in [5.74, 6) is -13.7. The second-order valence-corrected chi connectivity index (χ2v) is 4.49. The van der Waals surface area contributed by atoms with Crippen molar-refractivity contribution >= 4 is 11.8 Å². The summed E-state index contributed by atoms with van der Waals surface area (Å²) < 4.78 is 107. The molecule has 0 saturated heterocycles. The largest absolute Gasteiger partial charge is 0.417 e. The average Bonchev–Trinajstić information content (AvgIpc) is 2.55. The van der Waals surface area contributed by atoms with Crippen molar-refractivity contribution in [3.05, 3.63) is 58.9 Å². The van der Waals surface area contributed by atoms with Gasteiger partial charge in [-0.1, -0.05) is 0 Å². The highest BCUT2D eigenvalue weighted by Crippen LogP contribution is 2.31. The Bertz CT molecular complexity index is 788. The monoisotopic (exact) mass is 371 g/mol. The van der Waals surface area contributed by atoms with E-state index in [1.165, 1.54) is 0 Å². The Balaban J connectivity index is 2.19. The predicted octanol–water partition coefficient (Wildman–Crippen LogP) is 5.01. The Hall–Kier alpha value is -2.85. The molecule has 0 aliphatic rings. The molecule has 0 spiro atoms. The Morgan fingerprint density at radius 2 is 1.24 bits per heavy atom. The number of carbonyl (C=O) groups is 1. The minimum Gasteiger partial charge on any atom is -0.404 e. The number of amides is 1. The maximum absolute atomic E-state index is 13.3. The van der Waals surface area contributed by atoms with Crippen molar-refractivity contribution in [2.45, 2.75) is 6.18 Å². The summed E-state index contributed by atoms with van der Waals surface area (Å²) in [6.45, 7) is 0. The molecule has 0 saturated carbocycles. The van der Waals surface area contributed by atoms with E-state index in [-0.39, 0.29) is 5.69 Å². The highest BCUT2D eigenvalue weighted by Gasteiger charge is 2.30. The summed E-state index contributed by atoms with van der Waals surface area (Å²) in [6.07, 6.45) is -6.31. The lowest BCUT2D eigenvalue weighted by molar-refractivity contribution is -0.137. The van der Waals surface area contributed by atoms with Crippen molar-refractivity contribution in [1.82, 2.24) is 0 Å². The number of benzene rings is 2. The lowest BCUT2D eigenvalue weighted by atomic mass is 10.2. The van der Waals surface area contributed by atoms with Crippen molar-refractivity contribution < 1.29 is 44.7 Å². The van der Waals surface area contributed by atoms with Crippen molar-refractivity contribution in [2.75, 3.05) is 5.32 Å². The molecule has 0 radical (unpaired) electrons. The lowest BCUT2D eigenvalue weighted by Gasteiger charge is -2.11. The number of alkyl halides is 3. The zero-order valence-corrected chi connectivity index (χ0v) is 11.6. The molecule has 1 amide bonds. The molecule has 2 rings (SSSR count). The number of hydrogen-bond donors (Lipinski definition) is 1. The molecule has 2 aromatic rings. The molecule has 0 aliphatic carbocycles. The van der Waals surface area contributed by atoms with Crippen LogP contribution in [0.2, 0.25) is 0 Å². The third kappa shape index (κ3) is 3.80. The molecule has 0 heterocycles. The second kappa shape index (κ2) is 6.57. The third-order valence-corrected chi connectivity index (χ3v) is 2.82. The summed E-state index contributed by atoms with van der Waals surface area (Å²) in [6, 6.07) is 2.77. The topological polar surface area (TPSA) is 38.3 Å². The van der Waals surface area contributed by atoms with E-state index in [9.17, 15) is 39.9 Å². The molecule has 3 nitrogen and oxygen atoms in total. The number of hydrogen-bond acceptors (Lipinski definition) is 2. The molecule has 0 aromatic heterocycles. The first-order valence-corrected chi connectivity index (χ1v) is 6.20. The fourth-order valence-electron chi connectivity index (χ4n) is 1.65. The van der Waals surface area contributed by atoms with Gasteiger partial charge in [-0.3, -0.25) is 5.32 Å². The average molecular weight is 371 g/mol. The molecule has 11 heteroatoms. The van der Waals surface area contributed by atoms with Gasteiger partial charge in [-0.25, -0.2) is 18.0 Å². The van der Waals surface area contributed by atoms with Crippen LogP contribution >= 0.6 is 0 Å². The minimum absolute atomic E-state index is 0.276. The van der Waals surface area contributed by atoms with Crippen LogP contribution < -0.4 is 10.1 Å². The van der Waals surface area contributed by atoms with Gasteiger partial charge in [0.25, 0.3) is 0 Å². The maximum Gasteiger partial charge on any atom is 0.417 e. The molecule has 134 valence electrons. The van der Waals surface area contributed by atoms with Gasteiger partial charge >= 0.3 is 12.3 Å². The molecule has 25 heavy (non-hydrogen) atoms. The molecule has 0 atom stereocenters. The molecule has 0 unspecified atom stereocenters. The fourth-order valence-corrected chi connectivity index (χ4v) is 1.65. The van der Waals surface area contributed by atoms with E-state index in [0.717, 1.165) is 12.1 Å². The van der Waals surface area contributed by atoms with Gasteiger partial charge in [0.05, 0.1) is 5.56 Å². The Morgan fingerprint density at radius 3 is 1.68 bits per heavy atom. The van der Waals surface area contributed by atoms with Crippen molar-refractivity contribution in [1.29, 1.82) is 0 Å². The highest BCUT2D eigenvalue weighted by molar-refractivity contribution is 5.86. The van der Waals surface area contributed by atoms with Crippen molar-refractivity contribution in [3.63, 3.8) is 0 Å². The first-order valence-electron chi connectivity index (χ1n) is 6.20. The number of ether oxygens (including phenoxy) is 1. The van der Waals surface area contributed by atoms with E-state index in [1.807, 2.05) is 0 Å². The van der Waals surface area contributed by atoms with Crippen molar-refractivity contribution in [2.24, 2.45) is 0 Å². The minimum atomic E-state index is -4.63. The SMILES string of the molecule is O=C(Nc1ccc(C(F)(F)F)cc1)Oc1c(F)c(F)c(F)c(F)c1F. The predicted molar refractivity (Wildman–Crippen MR) is 67.3 cm³/mol. The quantitative estimate of drug-likeness (QED) is 0.458. The number of carbonyl (C=O) groups excluding carboxylic acids is 1. The number of anilines is 1. The first-order chi connectivity index (χ1) is 11.5. The van der Waals surface area contributed by atoms with Crippen LogP contribution in [0.25, 0.3) is 0 Å². The van der Waals surface area contributed by atoms with Gasteiger partial charge in [0.1, 0.15) is 0 Å². The van der Waals surface area contributed by atoms with Crippen LogP contribution in [0.4, 0.5) is 45.6 Å². The summed E-state index contributed by atoms with van der Waals surface area (Å²) in [5.41, 5.74) is -1.31. The van der Waals surface area contributed by atoms with Gasteiger partial charge < -0.3 is 4.74 Å². The standard InChI is InChI=1S/C14H5F8NO2/c15-7-8(16)10(18)12(11(19)9(7)17)25-13(24)23-6-3-1-5(2-4-6)14(20,21)22/h1-4H,(H,23,24). The van der Waals surface area contributed by atoms with Crippen LogP contribution in [0.15, 0.2) is 24.3 Å². The van der Waals surface area contributed by atoms with Crippen molar-refractivity contribution in [3.8, 4) is 5.75 Å². The van der Waals surface area contributed by atoms with E-state index in [4.69, 9.17) is 0 Å². The zero-order valence-electron chi connectivity index (χ0n) is 11.6. The summed E-state index contributed by atoms with van der Waals surface area (Å²) in [7, 11) is 0. The summed E-state index contributed by atoms with van der Waals surface area (Å²) in [5, 5.41) is 1.78. The number of nitrogens with one attached hydrogen (secondary N) is 1. The summed E-state index contributed by atoms with van der Waals surface area (Å²) in [4.78, 5) is 11.4. The van der Waals surface area contributed by atoms with Gasteiger partial charge in [-0.2, -0.15) is 22.0 Å². The van der Waals surface area contributed by atoms with E-state index in [2.05, 4.69) is 4.74 Å². The van der Waals surface area contributed by atoms with Crippen LogP contribution in [0.3, 0.4) is 0 Å². The number of rotatable bonds is 2. The first kappa shape index (κ1) is 18.5. The Morgan fingerprint density at radius 1 is 0.800 bits per heavy atom. The van der Waals surface area contributed by atoms with Crippen LogP contribution in [0, 0.1) is 29.1 Å². The highest BCUT2D eigenvalue weighted by atomic mass is 19.4. The molecule has 0 fully saturated rings. The molecular formula is C14H5F8NO2. The van der Waals surface area contributed by atoms with Gasteiger partial charge in [0.15, 0.2) is 0 Å². The lowest BCUT2D eigenvalue weighted by Crippen LogP contribution is -2.19. The number of halogens is 8. The smallest absolute Gasteiger partial charge is 0.404 e. The fraction of sp³-hybridized carbons (Fsp3) is 0.0714. The van der Waals surface area contributed by atoms with Crippen LogP contribution in [0.5, 0.6) is 5.75 Å². The van der Waals surface area contributed by atoms with E-state index >= 15 is 0 Å². The molecule has 1 N–H and O–H groups in total. The Kier molecular flexibility index (Phi) is 4.86. The normalized spacial score (nSPS) is 11.4. The molecule has 2 aromatic carbocycles. The van der Waals surface area contributed by atoms with E-state index in [1.54, 1.807) is 5.32 Å². The van der Waals surface area contributed by atoms with Crippen LogP contribution in [0.1, 0.15) is 5.56 Å². The second-order valence-electron chi connectivity index (χ2n) is 4.49. The van der Waals surface area contributed by atoms with Crippen LogP contribution in [-0.2, 0) is 6.18 Å². The van der Waals surface area contributed by atoms with Gasteiger partial charge in [0, 0.05) is 5.69 Å². The molecule has 0 aliphatic heterocycles. The molecular weight excluding hydrogens is 366 g/mol. The molecule has 0 bridgehead atoms. The van der Waals surface area contributed by atoms with E-state index < -0.39 is 52.7 Å². The van der Waals surface area contributed by atoms with Gasteiger partial charge in [-0.15, -0.1) is 0 Å². The van der Waals surface area contributed by atoms with E-state index in [0.29, 0.717) is 12.1 Å². The zero-order chi connectivity index (χ0) is 18.9.